The SMILES string of the molecule is CCC1=C(O)C(=O)c2cc(C)c(C)cc2C1=O. The quantitative estimate of drug-likeness (QED) is 0.807. The minimum atomic E-state index is -0.445. The molecule has 1 aliphatic carbocycles. The molecule has 2 rings (SSSR count). The highest BCUT2D eigenvalue weighted by atomic mass is 16.3. The van der Waals surface area contributed by atoms with Crippen LogP contribution in [0.3, 0.4) is 0 Å². The molecular formula is C14H14O3. The fraction of sp³-hybridized carbons (Fsp3) is 0.286. The predicted molar refractivity (Wildman–Crippen MR) is 64.5 cm³/mol. The first kappa shape index (κ1) is 11.6. The number of carbonyl (C=O) groups excluding carboxylic acids is 2. The Balaban J connectivity index is 2.73. The molecule has 0 aliphatic heterocycles. The lowest BCUT2D eigenvalue weighted by molar-refractivity contribution is 0.0926. The van der Waals surface area contributed by atoms with Crippen molar-refractivity contribution in [3.63, 3.8) is 0 Å². The summed E-state index contributed by atoms with van der Waals surface area (Å²) in [4.78, 5) is 24.0. The Morgan fingerprint density at radius 1 is 1.00 bits per heavy atom. The molecule has 0 saturated carbocycles. The highest BCUT2D eigenvalue weighted by Gasteiger charge is 2.31. The first-order chi connectivity index (χ1) is 7.97. The van der Waals surface area contributed by atoms with Crippen LogP contribution < -0.4 is 0 Å². The molecule has 1 aromatic carbocycles. The number of carbonyl (C=O) groups is 2. The molecule has 0 heterocycles. The topological polar surface area (TPSA) is 54.4 Å². The molecule has 0 aromatic heterocycles. The third-order valence-corrected chi connectivity index (χ3v) is 3.25. The van der Waals surface area contributed by atoms with E-state index in [1.807, 2.05) is 13.8 Å². The van der Waals surface area contributed by atoms with Gasteiger partial charge in [-0.25, -0.2) is 0 Å². The minimum absolute atomic E-state index is 0.214. The number of hydrogen-bond donors (Lipinski definition) is 1. The maximum atomic E-state index is 12.1. The number of aliphatic hydroxyl groups is 1. The Labute approximate surface area is 99.8 Å². The third kappa shape index (κ3) is 1.58. The summed E-state index contributed by atoms with van der Waals surface area (Å²) < 4.78 is 0. The molecule has 0 spiro atoms. The van der Waals surface area contributed by atoms with Gasteiger partial charge in [0.05, 0.1) is 0 Å². The van der Waals surface area contributed by atoms with Crippen LogP contribution in [0.25, 0.3) is 0 Å². The van der Waals surface area contributed by atoms with Gasteiger partial charge in [0, 0.05) is 16.7 Å². The van der Waals surface area contributed by atoms with Gasteiger partial charge in [0.2, 0.25) is 5.78 Å². The van der Waals surface area contributed by atoms with Gasteiger partial charge in [-0.3, -0.25) is 9.59 Å². The molecule has 88 valence electrons. The number of rotatable bonds is 1. The van der Waals surface area contributed by atoms with Gasteiger partial charge in [-0.05, 0) is 43.5 Å². The largest absolute Gasteiger partial charge is 0.504 e. The lowest BCUT2D eigenvalue weighted by Gasteiger charge is -2.18. The van der Waals surface area contributed by atoms with E-state index in [1.165, 1.54) is 0 Å². The van der Waals surface area contributed by atoms with Crippen LogP contribution in [0.1, 0.15) is 45.2 Å². The first-order valence-corrected chi connectivity index (χ1v) is 5.60. The molecule has 1 N–H and O–H groups in total. The summed E-state index contributed by atoms with van der Waals surface area (Å²) in [5.41, 5.74) is 2.85. The van der Waals surface area contributed by atoms with E-state index in [-0.39, 0.29) is 11.4 Å². The zero-order valence-electron chi connectivity index (χ0n) is 10.1. The molecule has 3 nitrogen and oxygen atoms in total. The Morgan fingerprint density at radius 2 is 1.47 bits per heavy atom. The average molecular weight is 230 g/mol. The zero-order chi connectivity index (χ0) is 12.7. The molecule has 0 amide bonds. The summed E-state index contributed by atoms with van der Waals surface area (Å²) in [6.45, 7) is 5.53. The van der Waals surface area contributed by atoms with Gasteiger partial charge in [0.15, 0.2) is 11.5 Å². The zero-order valence-corrected chi connectivity index (χ0v) is 10.1. The summed E-state index contributed by atoms with van der Waals surface area (Å²) in [6, 6.07) is 3.40. The van der Waals surface area contributed by atoms with Gasteiger partial charge in [-0.1, -0.05) is 6.92 Å². The molecule has 1 aliphatic rings. The predicted octanol–water partition coefficient (Wildman–Crippen LogP) is 2.90. The maximum Gasteiger partial charge on any atom is 0.228 e. The summed E-state index contributed by atoms with van der Waals surface area (Å²) in [7, 11) is 0. The highest BCUT2D eigenvalue weighted by molar-refractivity contribution is 6.26. The van der Waals surface area contributed by atoms with Crippen molar-refractivity contribution in [3.8, 4) is 0 Å². The number of aryl methyl sites for hydroxylation is 2. The van der Waals surface area contributed by atoms with Gasteiger partial charge in [-0.15, -0.1) is 0 Å². The van der Waals surface area contributed by atoms with Crippen molar-refractivity contribution in [2.75, 3.05) is 0 Å². The molecule has 0 atom stereocenters. The number of fused-ring (bicyclic) bond motifs is 1. The second kappa shape index (κ2) is 3.84. The van der Waals surface area contributed by atoms with Crippen LogP contribution in [0, 0.1) is 13.8 Å². The van der Waals surface area contributed by atoms with E-state index in [9.17, 15) is 14.7 Å². The number of hydrogen-bond acceptors (Lipinski definition) is 3. The summed E-state index contributed by atoms with van der Waals surface area (Å²) in [6.07, 6.45) is 0.364. The summed E-state index contributed by atoms with van der Waals surface area (Å²) in [5.74, 6) is -1.07. The Kier molecular flexibility index (Phi) is 2.62. The summed E-state index contributed by atoms with van der Waals surface area (Å²) >= 11 is 0. The second-order valence-electron chi connectivity index (χ2n) is 4.32. The average Bonchev–Trinajstić information content (AvgIpc) is 2.30. The molecule has 0 fully saturated rings. The molecular weight excluding hydrogens is 216 g/mol. The normalized spacial score (nSPS) is 15.2. The van der Waals surface area contributed by atoms with Gasteiger partial charge < -0.3 is 5.11 Å². The van der Waals surface area contributed by atoms with Crippen molar-refractivity contribution in [3.05, 3.63) is 45.7 Å². The number of Topliss-reactive ketones (excluding diaryl/α,β-unsaturated/α-hetero) is 2. The van der Waals surface area contributed by atoms with Crippen molar-refractivity contribution < 1.29 is 14.7 Å². The van der Waals surface area contributed by atoms with E-state index < -0.39 is 11.5 Å². The first-order valence-electron chi connectivity index (χ1n) is 5.60. The molecule has 1 aromatic rings. The second-order valence-corrected chi connectivity index (χ2v) is 4.32. The van der Waals surface area contributed by atoms with Crippen LogP contribution in [0.15, 0.2) is 23.5 Å². The van der Waals surface area contributed by atoms with Gasteiger partial charge in [0.25, 0.3) is 0 Å². The molecule has 0 bridgehead atoms. The number of aliphatic hydroxyl groups excluding tert-OH is 1. The van der Waals surface area contributed by atoms with E-state index >= 15 is 0 Å². The third-order valence-electron chi connectivity index (χ3n) is 3.25. The highest BCUT2D eigenvalue weighted by Crippen LogP contribution is 2.28. The summed E-state index contributed by atoms with van der Waals surface area (Å²) in [5, 5.41) is 9.72. The van der Waals surface area contributed by atoms with Gasteiger partial charge >= 0.3 is 0 Å². The minimum Gasteiger partial charge on any atom is -0.504 e. The van der Waals surface area contributed by atoms with Crippen LogP contribution in [-0.4, -0.2) is 16.7 Å². The van der Waals surface area contributed by atoms with Crippen molar-refractivity contribution in [1.82, 2.24) is 0 Å². The van der Waals surface area contributed by atoms with Crippen molar-refractivity contribution in [1.29, 1.82) is 0 Å². The fourth-order valence-electron chi connectivity index (χ4n) is 2.05. The van der Waals surface area contributed by atoms with E-state index in [0.29, 0.717) is 17.5 Å². The number of benzene rings is 1. The van der Waals surface area contributed by atoms with Gasteiger partial charge in [0.1, 0.15) is 0 Å². The standard InChI is InChI=1S/C14H14O3/c1-4-9-12(15)10-5-7(2)8(3)6-11(10)14(17)13(9)16/h5-6,16H,4H2,1-3H3. The van der Waals surface area contributed by atoms with Crippen LogP contribution >= 0.6 is 0 Å². The van der Waals surface area contributed by atoms with E-state index in [0.717, 1.165) is 11.1 Å². The van der Waals surface area contributed by atoms with E-state index in [2.05, 4.69) is 0 Å². The lowest BCUT2D eigenvalue weighted by Crippen LogP contribution is -2.22. The Bertz CT molecular complexity index is 565. The number of ketones is 2. The van der Waals surface area contributed by atoms with E-state index in [1.54, 1.807) is 19.1 Å². The molecule has 3 heteroatoms. The van der Waals surface area contributed by atoms with Gasteiger partial charge in [-0.2, -0.15) is 0 Å². The van der Waals surface area contributed by atoms with Crippen molar-refractivity contribution >= 4 is 11.6 Å². The fourth-order valence-corrected chi connectivity index (χ4v) is 2.05. The Hall–Kier alpha value is -1.90. The van der Waals surface area contributed by atoms with Crippen LogP contribution in [0.2, 0.25) is 0 Å². The lowest BCUT2D eigenvalue weighted by atomic mass is 9.85. The van der Waals surface area contributed by atoms with E-state index in [4.69, 9.17) is 0 Å². The van der Waals surface area contributed by atoms with Crippen LogP contribution in [0.4, 0.5) is 0 Å². The van der Waals surface area contributed by atoms with Crippen molar-refractivity contribution in [2.24, 2.45) is 0 Å². The van der Waals surface area contributed by atoms with Crippen molar-refractivity contribution in [2.45, 2.75) is 27.2 Å². The number of allylic oxidation sites excluding steroid dienone is 2. The monoisotopic (exact) mass is 230 g/mol. The molecule has 0 saturated heterocycles. The smallest absolute Gasteiger partial charge is 0.228 e. The van der Waals surface area contributed by atoms with Crippen LogP contribution in [0.5, 0.6) is 0 Å². The molecule has 0 radical (unpaired) electrons. The molecule has 17 heavy (non-hydrogen) atoms. The maximum absolute atomic E-state index is 12.1. The Morgan fingerprint density at radius 3 is 1.94 bits per heavy atom. The molecule has 0 unspecified atom stereocenters. The van der Waals surface area contributed by atoms with Crippen LogP contribution in [-0.2, 0) is 0 Å².